The highest BCUT2D eigenvalue weighted by Gasteiger charge is 2.26. The lowest BCUT2D eigenvalue weighted by molar-refractivity contribution is -0.121. The maximum atomic E-state index is 12.4. The number of aromatic nitrogens is 1. The molecule has 6 nitrogen and oxygen atoms in total. The number of aliphatic hydroxyl groups excluding tert-OH is 1. The van der Waals surface area contributed by atoms with Crippen LogP contribution in [0.15, 0.2) is 42.6 Å². The predicted octanol–water partition coefficient (Wildman–Crippen LogP) is 3.13. The number of para-hydroxylation sites is 1. The van der Waals surface area contributed by atoms with E-state index in [1.807, 2.05) is 31.2 Å². The number of carbonyl (C=O) groups is 1. The molecule has 1 aliphatic rings. The van der Waals surface area contributed by atoms with Gasteiger partial charge in [0.15, 0.2) is 0 Å². The van der Waals surface area contributed by atoms with Crippen molar-refractivity contribution in [2.45, 2.75) is 25.9 Å². The minimum Gasteiger partial charge on any atom is -0.489 e. The van der Waals surface area contributed by atoms with E-state index in [2.05, 4.69) is 15.2 Å². The second-order valence-corrected chi connectivity index (χ2v) is 7.59. The van der Waals surface area contributed by atoms with Gasteiger partial charge in [0, 0.05) is 18.7 Å². The van der Waals surface area contributed by atoms with Crippen molar-refractivity contribution in [3.05, 3.63) is 53.2 Å². The zero-order valence-corrected chi connectivity index (χ0v) is 16.7. The van der Waals surface area contributed by atoms with Crippen LogP contribution in [-0.2, 0) is 4.79 Å². The topological polar surface area (TPSA) is 74.7 Å². The van der Waals surface area contributed by atoms with E-state index in [0.717, 1.165) is 31.5 Å². The third-order valence-electron chi connectivity index (χ3n) is 4.86. The number of aryl methyl sites for hydroxylation is 1. The van der Waals surface area contributed by atoms with Crippen molar-refractivity contribution in [3.63, 3.8) is 0 Å². The smallest absolute Gasteiger partial charge is 0.228 e. The SMILES string of the molecule is Cc1ccc(NC(=O)C2CCN(CC(O)COc3ccccc3Cl)CC2)nc1. The average Bonchev–Trinajstić information content (AvgIpc) is 2.69. The van der Waals surface area contributed by atoms with Gasteiger partial charge < -0.3 is 20.1 Å². The monoisotopic (exact) mass is 403 g/mol. The first-order valence-electron chi connectivity index (χ1n) is 9.52. The Bertz CT molecular complexity index is 777. The molecule has 7 heteroatoms. The molecule has 2 heterocycles. The van der Waals surface area contributed by atoms with Crippen LogP contribution in [0.3, 0.4) is 0 Å². The molecule has 2 N–H and O–H groups in total. The Kier molecular flexibility index (Phi) is 7.25. The van der Waals surface area contributed by atoms with Gasteiger partial charge in [-0.2, -0.15) is 0 Å². The largest absolute Gasteiger partial charge is 0.489 e. The lowest BCUT2D eigenvalue weighted by atomic mass is 9.95. The summed E-state index contributed by atoms with van der Waals surface area (Å²) in [6.45, 7) is 4.19. The number of carbonyl (C=O) groups excluding carboxylic acids is 1. The summed E-state index contributed by atoms with van der Waals surface area (Å²) >= 11 is 6.05. The molecule has 28 heavy (non-hydrogen) atoms. The van der Waals surface area contributed by atoms with Crippen LogP contribution in [0, 0.1) is 12.8 Å². The van der Waals surface area contributed by atoms with Crippen LogP contribution >= 0.6 is 11.6 Å². The highest BCUT2D eigenvalue weighted by atomic mass is 35.5. The van der Waals surface area contributed by atoms with Crippen LogP contribution < -0.4 is 10.1 Å². The summed E-state index contributed by atoms with van der Waals surface area (Å²) < 4.78 is 5.59. The van der Waals surface area contributed by atoms with Gasteiger partial charge in [0.05, 0.1) is 5.02 Å². The molecule has 1 saturated heterocycles. The van der Waals surface area contributed by atoms with Crippen LogP contribution in [0.1, 0.15) is 18.4 Å². The van der Waals surface area contributed by atoms with Crippen LogP contribution in [0.5, 0.6) is 5.75 Å². The maximum absolute atomic E-state index is 12.4. The zero-order valence-electron chi connectivity index (χ0n) is 16.0. The number of nitrogens with zero attached hydrogens (tertiary/aromatic N) is 2. The number of β-amino-alcohol motifs (C(OH)–C–C–N with tert-alkyl or cyclic N) is 1. The third kappa shape index (κ3) is 5.92. The van der Waals surface area contributed by atoms with Crippen LogP contribution in [0.2, 0.25) is 5.02 Å². The molecule has 2 aromatic rings. The minimum atomic E-state index is -0.613. The summed E-state index contributed by atoms with van der Waals surface area (Å²) in [5.74, 6) is 1.14. The number of anilines is 1. The van der Waals surface area contributed by atoms with Gasteiger partial charge in [-0.05, 0) is 56.6 Å². The number of hydrogen-bond donors (Lipinski definition) is 2. The number of halogens is 1. The molecule has 150 valence electrons. The molecule has 1 amide bonds. The maximum Gasteiger partial charge on any atom is 0.228 e. The summed E-state index contributed by atoms with van der Waals surface area (Å²) in [4.78, 5) is 18.8. The van der Waals surface area contributed by atoms with Crippen molar-refractivity contribution in [1.82, 2.24) is 9.88 Å². The van der Waals surface area contributed by atoms with Crippen LogP contribution in [0.4, 0.5) is 5.82 Å². The van der Waals surface area contributed by atoms with Crippen molar-refractivity contribution < 1.29 is 14.6 Å². The van der Waals surface area contributed by atoms with Crippen LogP contribution in [-0.4, -0.2) is 53.2 Å². The number of amides is 1. The molecule has 1 aromatic carbocycles. The molecule has 0 spiro atoms. The van der Waals surface area contributed by atoms with Crippen LogP contribution in [0.25, 0.3) is 0 Å². The standard InChI is InChI=1S/C21H26ClN3O3/c1-15-6-7-20(23-12-15)24-21(27)16-8-10-25(11-9-16)13-17(26)14-28-19-5-3-2-4-18(19)22/h2-7,12,16-17,26H,8-11,13-14H2,1H3,(H,23,24,27). The van der Waals surface area contributed by atoms with E-state index in [0.29, 0.717) is 23.1 Å². The summed E-state index contributed by atoms with van der Waals surface area (Å²) in [5, 5.41) is 13.7. The van der Waals surface area contributed by atoms with Gasteiger partial charge >= 0.3 is 0 Å². The van der Waals surface area contributed by atoms with Crippen molar-refractivity contribution in [2.24, 2.45) is 5.92 Å². The van der Waals surface area contributed by atoms with Crippen molar-refractivity contribution >= 4 is 23.3 Å². The highest BCUT2D eigenvalue weighted by molar-refractivity contribution is 6.32. The Labute approximate surface area is 170 Å². The Morgan fingerprint density at radius 2 is 2.07 bits per heavy atom. The first-order chi connectivity index (χ1) is 13.5. The van der Waals surface area contributed by atoms with E-state index >= 15 is 0 Å². The van der Waals surface area contributed by atoms with E-state index in [1.54, 1.807) is 18.3 Å². The normalized spacial score (nSPS) is 16.5. The van der Waals surface area contributed by atoms with E-state index in [9.17, 15) is 9.90 Å². The number of ether oxygens (including phenoxy) is 1. The Morgan fingerprint density at radius 3 is 2.75 bits per heavy atom. The van der Waals surface area contributed by atoms with Crippen molar-refractivity contribution in [1.29, 1.82) is 0 Å². The van der Waals surface area contributed by atoms with Crippen molar-refractivity contribution in [2.75, 3.05) is 31.6 Å². The molecular formula is C21H26ClN3O3. The molecule has 0 bridgehead atoms. The van der Waals surface area contributed by atoms with E-state index in [4.69, 9.17) is 16.3 Å². The van der Waals surface area contributed by atoms with E-state index < -0.39 is 6.10 Å². The lowest BCUT2D eigenvalue weighted by Gasteiger charge is -2.32. The number of pyridine rings is 1. The van der Waals surface area contributed by atoms with Gasteiger partial charge in [0.1, 0.15) is 24.3 Å². The molecule has 0 aliphatic carbocycles. The second kappa shape index (κ2) is 9.87. The first kappa shape index (κ1) is 20.6. The van der Waals surface area contributed by atoms with Gasteiger partial charge in [-0.15, -0.1) is 0 Å². The fraction of sp³-hybridized carbons (Fsp3) is 0.429. The Balaban J connectivity index is 1.39. The third-order valence-corrected chi connectivity index (χ3v) is 5.17. The quantitative estimate of drug-likeness (QED) is 0.742. The van der Waals surface area contributed by atoms with E-state index in [-0.39, 0.29) is 18.4 Å². The highest BCUT2D eigenvalue weighted by Crippen LogP contribution is 2.23. The molecular weight excluding hydrogens is 378 g/mol. The summed E-state index contributed by atoms with van der Waals surface area (Å²) in [7, 11) is 0. The molecule has 1 unspecified atom stereocenters. The van der Waals surface area contributed by atoms with Gasteiger partial charge in [-0.3, -0.25) is 4.79 Å². The molecule has 0 radical (unpaired) electrons. The summed E-state index contributed by atoms with van der Waals surface area (Å²) in [5.41, 5.74) is 1.06. The van der Waals surface area contributed by atoms with Gasteiger partial charge in [0.2, 0.25) is 5.91 Å². The molecule has 1 fully saturated rings. The molecule has 3 rings (SSSR count). The summed E-state index contributed by atoms with van der Waals surface area (Å²) in [6, 6.07) is 11.0. The Hall–Kier alpha value is -2.15. The average molecular weight is 404 g/mol. The Morgan fingerprint density at radius 1 is 1.32 bits per heavy atom. The van der Waals surface area contributed by atoms with Gasteiger partial charge in [0.25, 0.3) is 0 Å². The molecule has 1 aromatic heterocycles. The number of piperidine rings is 1. The van der Waals surface area contributed by atoms with E-state index in [1.165, 1.54) is 0 Å². The molecule has 1 aliphatic heterocycles. The number of likely N-dealkylation sites (tertiary alicyclic amines) is 1. The number of aliphatic hydroxyl groups is 1. The van der Waals surface area contributed by atoms with Gasteiger partial charge in [-0.1, -0.05) is 29.8 Å². The zero-order chi connectivity index (χ0) is 19.9. The first-order valence-corrected chi connectivity index (χ1v) is 9.90. The second-order valence-electron chi connectivity index (χ2n) is 7.18. The molecule has 0 saturated carbocycles. The number of rotatable bonds is 7. The fourth-order valence-corrected chi connectivity index (χ4v) is 3.44. The summed E-state index contributed by atoms with van der Waals surface area (Å²) in [6.07, 6.45) is 2.65. The fourth-order valence-electron chi connectivity index (χ4n) is 3.25. The molecule has 1 atom stereocenters. The number of benzene rings is 1. The predicted molar refractivity (Wildman–Crippen MR) is 110 cm³/mol. The number of nitrogens with one attached hydrogen (secondary N) is 1. The van der Waals surface area contributed by atoms with Gasteiger partial charge in [-0.25, -0.2) is 4.98 Å². The minimum absolute atomic E-state index is 0.0126. The lowest BCUT2D eigenvalue weighted by Crippen LogP contribution is -2.42. The number of hydrogen-bond acceptors (Lipinski definition) is 5. The van der Waals surface area contributed by atoms with Crippen molar-refractivity contribution in [3.8, 4) is 5.75 Å².